The quantitative estimate of drug-likeness (QED) is 0.193. The van der Waals surface area contributed by atoms with Crippen LogP contribution in [0.5, 0.6) is 6.01 Å². The van der Waals surface area contributed by atoms with Crippen LogP contribution in [0.2, 0.25) is 5.02 Å². The van der Waals surface area contributed by atoms with Gasteiger partial charge in [-0.1, -0.05) is 17.7 Å². The molecule has 0 amide bonds. The molecule has 0 aliphatic carbocycles. The highest BCUT2D eigenvalue weighted by Crippen LogP contribution is 2.46. The second-order valence-electron chi connectivity index (χ2n) is 12.9. The number of halogens is 4. The van der Waals surface area contributed by atoms with Gasteiger partial charge in [0.25, 0.3) is 0 Å². The van der Waals surface area contributed by atoms with E-state index < -0.39 is 23.3 Å². The highest BCUT2D eigenvalue weighted by Gasteiger charge is 2.49. The van der Waals surface area contributed by atoms with E-state index in [0.29, 0.717) is 50.2 Å². The monoisotopic (exact) mass is 694 g/mol. The number of hydrogen-bond donors (Lipinski definition) is 2. The van der Waals surface area contributed by atoms with Crippen LogP contribution in [-0.4, -0.2) is 72.0 Å². The molecular formula is C34H34ClF3N8OS. The van der Waals surface area contributed by atoms with Crippen molar-refractivity contribution in [1.29, 1.82) is 10.5 Å². The number of alkyl halides is 1. The molecule has 3 N–H and O–H groups in total. The fourth-order valence-electron chi connectivity index (χ4n) is 7.71. The maximum atomic E-state index is 17.0. The molecule has 3 atom stereocenters. The van der Waals surface area contributed by atoms with Gasteiger partial charge >= 0.3 is 6.01 Å². The minimum atomic E-state index is -0.937. The molecule has 5 heterocycles. The van der Waals surface area contributed by atoms with Crippen molar-refractivity contribution in [2.45, 2.75) is 62.7 Å². The predicted molar refractivity (Wildman–Crippen MR) is 181 cm³/mol. The van der Waals surface area contributed by atoms with E-state index in [9.17, 15) is 14.0 Å². The van der Waals surface area contributed by atoms with Crippen LogP contribution in [-0.2, 0) is 0 Å². The zero-order valence-corrected chi connectivity index (χ0v) is 27.7. The SMILES string of the molecule is N#CCCNC1CCCN(c2nc(OC[C@@]34CCCN3C[C@H](F)C4)nc3c(F)c(-c4ccc(F)c5sc(N)c(C#N)c45)c(Cl)cc23)CC1. The largest absolute Gasteiger partial charge is 0.461 e. The van der Waals surface area contributed by atoms with Gasteiger partial charge in [0.05, 0.1) is 26.9 Å². The fraction of sp³-hybridized carbons (Fsp3) is 0.471. The van der Waals surface area contributed by atoms with Crippen molar-refractivity contribution >= 4 is 54.7 Å². The molecular weight excluding hydrogens is 661 g/mol. The van der Waals surface area contributed by atoms with Gasteiger partial charge in [0.15, 0.2) is 5.82 Å². The van der Waals surface area contributed by atoms with Crippen molar-refractivity contribution in [3.05, 3.63) is 40.4 Å². The van der Waals surface area contributed by atoms with Gasteiger partial charge in [0.1, 0.15) is 41.0 Å². The average Bonchev–Trinajstić information content (AvgIpc) is 3.64. The number of fused-ring (bicyclic) bond motifs is 3. The third-order valence-electron chi connectivity index (χ3n) is 9.97. The smallest absolute Gasteiger partial charge is 0.319 e. The Morgan fingerprint density at radius 1 is 1.17 bits per heavy atom. The number of nitriles is 2. The first-order valence-electron chi connectivity index (χ1n) is 16.2. The third-order valence-corrected chi connectivity index (χ3v) is 11.3. The topological polar surface area (TPSA) is 127 Å². The van der Waals surface area contributed by atoms with Crippen LogP contribution < -0.4 is 20.7 Å². The van der Waals surface area contributed by atoms with Crippen molar-refractivity contribution < 1.29 is 17.9 Å². The Balaban J connectivity index is 1.33. The van der Waals surface area contributed by atoms with Gasteiger partial charge in [-0.3, -0.25) is 4.90 Å². The van der Waals surface area contributed by atoms with E-state index in [1.54, 1.807) is 6.07 Å². The Labute approximate surface area is 285 Å². The van der Waals surface area contributed by atoms with Crippen LogP contribution in [0.1, 0.15) is 50.5 Å². The van der Waals surface area contributed by atoms with E-state index in [0.717, 1.165) is 50.0 Å². The summed E-state index contributed by atoms with van der Waals surface area (Å²) in [6, 6.07) is 8.61. The first-order chi connectivity index (χ1) is 23.2. The number of nitrogen functional groups attached to an aromatic ring is 1. The molecule has 48 heavy (non-hydrogen) atoms. The first-order valence-corrected chi connectivity index (χ1v) is 17.4. The van der Waals surface area contributed by atoms with E-state index in [1.807, 2.05) is 6.07 Å². The highest BCUT2D eigenvalue weighted by atomic mass is 35.5. The van der Waals surface area contributed by atoms with Crippen molar-refractivity contribution in [2.24, 2.45) is 0 Å². The maximum Gasteiger partial charge on any atom is 0.319 e. The minimum Gasteiger partial charge on any atom is -0.461 e. The highest BCUT2D eigenvalue weighted by molar-refractivity contribution is 7.23. The normalized spacial score (nSPS) is 22.9. The second-order valence-corrected chi connectivity index (χ2v) is 14.3. The van der Waals surface area contributed by atoms with E-state index in [4.69, 9.17) is 32.3 Å². The lowest BCUT2D eigenvalue weighted by Crippen LogP contribution is -2.43. The predicted octanol–water partition coefficient (Wildman–Crippen LogP) is 6.71. The van der Waals surface area contributed by atoms with Crippen molar-refractivity contribution in [2.75, 3.05) is 50.0 Å². The lowest BCUT2D eigenvalue weighted by molar-refractivity contribution is 0.107. The molecule has 0 radical (unpaired) electrons. The summed E-state index contributed by atoms with van der Waals surface area (Å²) in [4.78, 5) is 13.6. The second kappa shape index (κ2) is 13.2. The summed E-state index contributed by atoms with van der Waals surface area (Å²) in [5.41, 5.74) is 5.83. The van der Waals surface area contributed by atoms with Crippen LogP contribution in [0, 0.1) is 34.3 Å². The molecule has 0 saturated carbocycles. The summed E-state index contributed by atoms with van der Waals surface area (Å²) in [6.07, 6.45) is 4.10. The first kappa shape index (κ1) is 32.7. The summed E-state index contributed by atoms with van der Waals surface area (Å²) in [7, 11) is 0. The van der Waals surface area contributed by atoms with E-state index in [-0.39, 0.29) is 61.0 Å². The summed E-state index contributed by atoms with van der Waals surface area (Å²) in [5.74, 6) is -0.866. The number of anilines is 2. The molecule has 3 saturated heterocycles. The Bertz CT molecular complexity index is 1980. The van der Waals surface area contributed by atoms with Crippen molar-refractivity contribution in [3.8, 4) is 29.3 Å². The van der Waals surface area contributed by atoms with Crippen molar-refractivity contribution in [1.82, 2.24) is 20.2 Å². The van der Waals surface area contributed by atoms with Gasteiger partial charge in [0, 0.05) is 61.4 Å². The molecule has 2 aromatic carbocycles. The Morgan fingerprint density at radius 2 is 2.02 bits per heavy atom. The molecule has 9 nitrogen and oxygen atoms in total. The molecule has 2 aromatic heterocycles. The average molecular weight is 695 g/mol. The maximum absolute atomic E-state index is 17.0. The number of hydrogen-bond acceptors (Lipinski definition) is 10. The number of nitrogens with zero attached hydrogens (tertiary/aromatic N) is 6. The van der Waals surface area contributed by atoms with Crippen molar-refractivity contribution in [3.63, 3.8) is 0 Å². The number of nitrogens with two attached hydrogens (primary N) is 1. The van der Waals surface area contributed by atoms with E-state index in [1.165, 1.54) is 12.1 Å². The summed E-state index contributed by atoms with van der Waals surface area (Å²) < 4.78 is 52.8. The summed E-state index contributed by atoms with van der Waals surface area (Å²) in [6.45, 7) is 3.19. The van der Waals surface area contributed by atoms with Gasteiger partial charge in [-0.05, 0) is 56.3 Å². The number of benzene rings is 2. The molecule has 3 fully saturated rings. The molecule has 3 aliphatic rings. The van der Waals surface area contributed by atoms with Gasteiger partial charge in [-0.25, -0.2) is 13.2 Å². The fourth-order valence-corrected chi connectivity index (χ4v) is 8.96. The lowest BCUT2D eigenvalue weighted by atomic mass is 9.95. The number of thiophene rings is 1. The van der Waals surface area contributed by atoms with Crippen LogP contribution in [0.15, 0.2) is 18.2 Å². The molecule has 1 unspecified atom stereocenters. The van der Waals surface area contributed by atoms with Gasteiger partial charge in [-0.15, -0.1) is 11.3 Å². The molecule has 250 valence electrons. The van der Waals surface area contributed by atoms with Gasteiger partial charge in [-0.2, -0.15) is 20.5 Å². The molecule has 7 rings (SSSR count). The minimum absolute atomic E-state index is 0.0251. The van der Waals surface area contributed by atoms with Crippen LogP contribution in [0.3, 0.4) is 0 Å². The zero-order valence-electron chi connectivity index (χ0n) is 26.2. The Hall–Kier alpha value is -3.88. The lowest BCUT2D eigenvalue weighted by Gasteiger charge is -2.31. The van der Waals surface area contributed by atoms with E-state index in [2.05, 4.69) is 26.2 Å². The van der Waals surface area contributed by atoms with Crippen LogP contribution in [0.4, 0.5) is 24.0 Å². The van der Waals surface area contributed by atoms with E-state index >= 15 is 4.39 Å². The van der Waals surface area contributed by atoms with Gasteiger partial charge < -0.3 is 20.7 Å². The molecule has 14 heteroatoms. The Kier molecular flexibility index (Phi) is 8.98. The number of nitrogens with one attached hydrogen (secondary N) is 1. The summed E-state index contributed by atoms with van der Waals surface area (Å²) >= 11 is 7.78. The molecule has 0 spiro atoms. The Morgan fingerprint density at radius 3 is 2.83 bits per heavy atom. The molecule has 0 bridgehead atoms. The standard InChI is InChI=1S/C34H34ClF3N8OS/c35-24-14-22-29(28(38)27(24)21-5-6-25(37)30-26(21)23(16-40)31(41)48-30)43-33(47-18-34-8-2-12-46(34)17-19(36)15-34)44-32(22)45-11-1-4-20(7-13-45)42-10-3-9-39/h5-6,14,19-20,42H,1-4,7-8,10-13,15,17-18,41H2/t19-,20?,34+/m1/s1. The zero-order chi connectivity index (χ0) is 33.6. The number of aromatic nitrogens is 2. The number of rotatable bonds is 8. The number of ether oxygens (including phenoxy) is 1. The molecule has 3 aliphatic heterocycles. The summed E-state index contributed by atoms with van der Waals surface area (Å²) in [5, 5.41) is 23.0. The third kappa shape index (κ3) is 5.77. The van der Waals surface area contributed by atoms with Crippen LogP contribution >= 0.6 is 22.9 Å². The molecule has 4 aromatic rings. The van der Waals surface area contributed by atoms with Crippen LogP contribution in [0.25, 0.3) is 32.1 Å². The van der Waals surface area contributed by atoms with Gasteiger partial charge in [0.2, 0.25) is 0 Å².